The fourth-order valence-corrected chi connectivity index (χ4v) is 4.76. The van der Waals surface area contributed by atoms with Gasteiger partial charge in [0.05, 0.1) is 16.8 Å². The molecule has 1 aromatic carbocycles. The minimum Gasteiger partial charge on any atom is -0.324 e. The lowest BCUT2D eigenvalue weighted by Gasteiger charge is -2.15. The fraction of sp³-hybridized carbons (Fsp3) is 0.200. The second-order valence-electron chi connectivity index (χ2n) is 7.96. The zero-order chi connectivity index (χ0) is 23.7. The van der Waals surface area contributed by atoms with E-state index >= 15 is 0 Å². The number of rotatable bonds is 5. The topological polar surface area (TPSA) is 84.3 Å². The molecule has 0 bridgehead atoms. The van der Waals surface area contributed by atoms with Crippen molar-refractivity contribution >= 4 is 40.6 Å². The van der Waals surface area contributed by atoms with Crippen LogP contribution in [0.3, 0.4) is 0 Å². The molecule has 0 saturated carbocycles. The smallest absolute Gasteiger partial charge is 0.294 e. The summed E-state index contributed by atoms with van der Waals surface area (Å²) in [4.78, 5) is 43.5. The summed E-state index contributed by atoms with van der Waals surface area (Å²) >= 11 is 0.848. The van der Waals surface area contributed by atoms with E-state index in [4.69, 9.17) is 0 Å². The number of anilines is 1. The number of hydrogen-bond acceptors (Lipinski definition) is 5. The Hall–Kier alpha value is -3.65. The van der Waals surface area contributed by atoms with Crippen LogP contribution in [0.25, 0.3) is 11.8 Å². The third-order valence-electron chi connectivity index (χ3n) is 5.58. The summed E-state index contributed by atoms with van der Waals surface area (Å²) < 4.78 is 2.04. The zero-order valence-corrected chi connectivity index (χ0v) is 19.7. The molecule has 2 aromatic heterocycles. The molecule has 3 heterocycles. The Kier molecular flexibility index (Phi) is 6.20. The van der Waals surface area contributed by atoms with Gasteiger partial charge >= 0.3 is 0 Å². The first-order chi connectivity index (χ1) is 15.8. The van der Waals surface area contributed by atoms with Gasteiger partial charge in [-0.2, -0.15) is 0 Å². The predicted molar refractivity (Wildman–Crippen MR) is 130 cm³/mol. The monoisotopic (exact) mass is 460 g/mol. The lowest BCUT2D eigenvalue weighted by atomic mass is 10.1. The van der Waals surface area contributed by atoms with Gasteiger partial charge < -0.3 is 9.88 Å². The number of hydrogen-bond donors (Lipinski definition) is 1. The number of pyridine rings is 1. The molecular formula is C25H24N4O3S. The van der Waals surface area contributed by atoms with E-state index in [-0.39, 0.29) is 6.54 Å². The highest BCUT2D eigenvalue weighted by molar-refractivity contribution is 8.18. The summed E-state index contributed by atoms with van der Waals surface area (Å²) in [5.41, 5.74) is 6.21. The number of thioether (sulfide) groups is 1. The van der Waals surface area contributed by atoms with Crippen molar-refractivity contribution in [3.63, 3.8) is 0 Å². The van der Waals surface area contributed by atoms with Crippen LogP contribution in [-0.2, 0) is 9.59 Å². The summed E-state index contributed by atoms with van der Waals surface area (Å²) in [6, 6.07) is 11.5. The Labute approximate surface area is 196 Å². The van der Waals surface area contributed by atoms with Crippen LogP contribution in [0.5, 0.6) is 0 Å². The van der Waals surface area contributed by atoms with Crippen molar-refractivity contribution < 1.29 is 14.4 Å². The molecule has 7 nitrogen and oxygen atoms in total. The van der Waals surface area contributed by atoms with Crippen molar-refractivity contribution in [3.8, 4) is 5.69 Å². The molecule has 1 fully saturated rings. The van der Waals surface area contributed by atoms with Gasteiger partial charge in [0.15, 0.2) is 0 Å². The predicted octanol–water partition coefficient (Wildman–Crippen LogP) is 4.78. The number of nitrogens with zero attached hydrogens (tertiary/aromatic N) is 3. The molecule has 0 aliphatic carbocycles. The Morgan fingerprint density at radius 1 is 1.09 bits per heavy atom. The largest absolute Gasteiger partial charge is 0.324 e. The van der Waals surface area contributed by atoms with E-state index in [0.29, 0.717) is 10.6 Å². The third-order valence-corrected chi connectivity index (χ3v) is 6.49. The van der Waals surface area contributed by atoms with Crippen LogP contribution >= 0.6 is 11.8 Å². The van der Waals surface area contributed by atoms with Gasteiger partial charge in [0.25, 0.3) is 11.1 Å². The maximum Gasteiger partial charge on any atom is 0.294 e. The summed E-state index contributed by atoms with van der Waals surface area (Å²) in [5.74, 6) is -0.876. The lowest BCUT2D eigenvalue weighted by Crippen LogP contribution is -2.36. The number of imide groups is 1. The van der Waals surface area contributed by atoms with Crippen LogP contribution in [0.15, 0.2) is 53.7 Å². The van der Waals surface area contributed by atoms with E-state index in [9.17, 15) is 14.4 Å². The first kappa shape index (κ1) is 22.5. The van der Waals surface area contributed by atoms with E-state index in [2.05, 4.69) is 10.3 Å². The Morgan fingerprint density at radius 2 is 1.82 bits per heavy atom. The number of para-hydroxylation sites is 1. The van der Waals surface area contributed by atoms with E-state index in [1.807, 2.05) is 68.7 Å². The average Bonchev–Trinajstić information content (AvgIpc) is 3.20. The zero-order valence-electron chi connectivity index (χ0n) is 18.9. The first-order valence-corrected chi connectivity index (χ1v) is 11.3. The molecule has 8 heteroatoms. The number of benzene rings is 1. The molecule has 4 rings (SSSR count). The normalized spacial score (nSPS) is 14.9. The summed E-state index contributed by atoms with van der Waals surface area (Å²) in [6.45, 7) is 7.39. The molecule has 168 valence electrons. The maximum atomic E-state index is 12.9. The minimum absolute atomic E-state index is 0.298. The van der Waals surface area contributed by atoms with Gasteiger partial charge in [-0.3, -0.25) is 24.3 Å². The van der Waals surface area contributed by atoms with Crippen molar-refractivity contribution in [2.45, 2.75) is 27.7 Å². The molecule has 0 atom stereocenters. The number of amides is 3. The third kappa shape index (κ3) is 4.47. The van der Waals surface area contributed by atoms with Crippen LogP contribution in [-0.4, -0.2) is 38.0 Å². The van der Waals surface area contributed by atoms with Gasteiger partial charge in [-0.1, -0.05) is 18.2 Å². The Morgan fingerprint density at radius 3 is 2.48 bits per heavy atom. The van der Waals surface area contributed by atoms with Gasteiger partial charge in [-0.25, -0.2) is 0 Å². The summed E-state index contributed by atoms with van der Waals surface area (Å²) in [7, 11) is 0. The quantitative estimate of drug-likeness (QED) is 0.554. The average molecular weight is 461 g/mol. The standard InChI is InChI=1S/C25H24N4O3S/c1-15-7-5-8-16(2)23(15)27-22(30)14-28-24(31)21(33-25(28)32)12-19-11-17(3)29(18(19)4)20-9-6-10-26-13-20/h5-13H,14H2,1-4H3,(H,27,30). The van der Waals surface area contributed by atoms with Crippen LogP contribution < -0.4 is 5.32 Å². The highest BCUT2D eigenvalue weighted by Gasteiger charge is 2.36. The molecular weight excluding hydrogens is 436 g/mol. The number of aromatic nitrogens is 2. The minimum atomic E-state index is -0.465. The van der Waals surface area contributed by atoms with E-state index in [1.54, 1.807) is 18.5 Å². The van der Waals surface area contributed by atoms with Gasteiger partial charge in [-0.15, -0.1) is 0 Å². The number of aryl methyl sites for hydroxylation is 3. The van der Waals surface area contributed by atoms with Gasteiger partial charge in [0.1, 0.15) is 6.54 Å². The van der Waals surface area contributed by atoms with Crippen LogP contribution in [0, 0.1) is 27.7 Å². The van der Waals surface area contributed by atoms with Crippen molar-refractivity contribution in [2.75, 3.05) is 11.9 Å². The SMILES string of the molecule is Cc1cccc(C)c1NC(=O)CN1C(=O)SC(=Cc2cc(C)n(-c3cccnc3)c2C)C1=O. The van der Waals surface area contributed by atoms with E-state index in [0.717, 1.165) is 50.4 Å². The number of carbonyl (C=O) groups is 3. The van der Waals surface area contributed by atoms with Gasteiger partial charge in [-0.05, 0) is 80.4 Å². The van der Waals surface area contributed by atoms with Crippen LogP contribution in [0.1, 0.15) is 28.1 Å². The number of carbonyl (C=O) groups excluding carboxylic acids is 3. The molecule has 33 heavy (non-hydrogen) atoms. The molecule has 1 saturated heterocycles. The highest BCUT2D eigenvalue weighted by Crippen LogP contribution is 2.33. The molecule has 3 amide bonds. The number of nitrogens with one attached hydrogen (secondary N) is 1. The Balaban J connectivity index is 1.54. The van der Waals surface area contributed by atoms with E-state index < -0.39 is 17.1 Å². The fourth-order valence-electron chi connectivity index (χ4n) is 3.93. The van der Waals surface area contributed by atoms with Crippen LogP contribution in [0.2, 0.25) is 0 Å². The molecule has 0 spiro atoms. The summed E-state index contributed by atoms with van der Waals surface area (Å²) in [5, 5.41) is 2.37. The van der Waals surface area contributed by atoms with Crippen molar-refractivity contribution in [1.29, 1.82) is 0 Å². The molecule has 3 aromatic rings. The molecule has 1 N–H and O–H groups in total. The molecule has 0 radical (unpaired) electrons. The molecule has 1 aliphatic rings. The van der Waals surface area contributed by atoms with Crippen molar-refractivity contribution in [3.05, 3.63) is 81.8 Å². The lowest BCUT2D eigenvalue weighted by molar-refractivity contribution is -0.127. The van der Waals surface area contributed by atoms with Crippen LogP contribution in [0.4, 0.5) is 10.5 Å². The first-order valence-electron chi connectivity index (χ1n) is 10.5. The van der Waals surface area contributed by atoms with Gasteiger partial charge in [0.2, 0.25) is 5.91 Å². The van der Waals surface area contributed by atoms with Crippen molar-refractivity contribution in [1.82, 2.24) is 14.5 Å². The van der Waals surface area contributed by atoms with E-state index in [1.165, 1.54) is 0 Å². The molecule has 1 aliphatic heterocycles. The molecule has 0 unspecified atom stereocenters. The van der Waals surface area contributed by atoms with Gasteiger partial charge in [0, 0.05) is 23.3 Å². The maximum absolute atomic E-state index is 12.9. The second kappa shape index (κ2) is 9.07. The summed E-state index contributed by atoms with van der Waals surface area (Å²) in [6.07, 6.45) is 5.20. The Bertz CT molecular complexity index is 1270. The van der Waals surface area contributed by atoms with Crippen molar-refractivity contribution in [2.24, 2.45) is 0 Å². The second-order valence-corrected chi connectivity index (χ2v) is 8.95. The highest BCUT2D eigenvalue weighted by atomic mass is 32.2.